The molecule has 1 saturated heterocycles. The number of hydrogen-bond donors (Lipinski definition) is 2. The molecule has 1 amide bonds. The largest absolute Gasteiger partial charge is 0.497 e. The van der Waals surface area contributed by atoms with Crippen LogP contribution < -0.4 is 15.4 Å². The summed E-state index contributed by atoms with van der Waals surface area (Å²) in [6.07, 6.45) is 2.95. The van der Waals surface area contributed by atoms with Gasteiger partial charge in [-0.05, 0) is 62.0 Å². The first-order valence-corrected chi connectivity index (χ1v) is 7.33. The fourth-order valence-corrected chi connectivity index (χ4v) is 2.76. The lowest BCUT2D eigenvalue weighted by Crippen LogP contribution is -2.32. The fraction of sp³-hybridized carbons (Fsp3) is 0.562. The minimum absolute atomic E-state index is 0.0983. The topological polar surface area (TPSA) is 50.4 Å². The Bertz CT molecular complexity index is 425. The molecule has 1 aromatic rings. The summed E-state index contributed by atoms with van der Waals surface area (Å²) in [5.41, 5.74) is 0.827. The minimum atomic E-state index is 0.0983. The number of rotatable bonds is 5. The van der Waals surface area contributed by atoms with Crippen molar-refractivity contribution >= 4 is 11.6 Å². The molecule has 0 aromatic heterocycles. The molecule has 1 aliphatic heterocycles. The van der Waals surface area contributed by atoms with Crippen LogP contribution >= 0.6 is 0 Å². The average molecular weight is 276 g/mol. The van der Waals surface area contributed by atoms with E-state index in [1.54, 1.807) is 7.11 Å². The molecule has 1 unspecified atom stereocenters. The number of anilines is 1. The average Bonchev–Trinajstić information content (AvgIpc) is 2.49. The van der Waals surface area contributed by atoms with E-state index in [9.17, 15) is 4.79 Å². The number of hydrogen-bond acceptors (Lipinski definition) is 3. The van der Waals surface area contributed by atoms with Gasteiger partial charge < -0.3 is 15.4 Å². The summed E-state index contributed by atoms with van der Waals surface area (Å²) in [5, 5.41) is 6.31. The maximum atomic E-state index is 12.1. The highest BCUT2D eigenvalue weighted by atomic mass is 16.5. The maximum Gasteiger partial charge on any atom is 0.224 e. The Labute approximate surface area is 120 Å². The number of carbonyl (C=O) groups excluding carboxylic acids is 1. The Morgan fingerprint density at radius 3 is 2.60 bits per heavy atom. The number of ether oxygens (including phenoxy) is 1. The zero-order valence-corrected chi connectivity index (χ0v) is 12.3. The molecule has 2 N–H and O–H groups in total. The van der Waals surface area contributed by atoms with Crippen molar-refractivity contribution in [2.24, 2.45) is 11.8 Å². The summed E-state index contributed by atoms with van der Waals surface area (Å²) in [4.78, 5) is 12.1. The second-order valence-corrected chi connectivity index (χ2v) is 5.55. The van der Waals surface area contributed by atoms with Crippen LogP contribution in [-0.2, 0) is 4.79 Å². The minimum Gasteiger partial charge on any atom is -0.497 e. The Balaban J connectivity index is 1.81. The third-order valence-corrected chi connectivity index (χ3v) is 4.07. The summed E-state index contributed by atoms with van der Waals surface area (Å²) in [5.74, 6) is 2.00. The quantitative estimate of drug-likeness (QED) is 0.869. The van der Waals surface area contributed by atoms with Crippen molar-refractivity contribution in [1.29, 1.82) is 0 Å². The Morgan fingerprint density at radius 2 is 2.00 bits per heavy atom. The summed E-state index contributed by atoms with van der Waals surface area (Å²) in [7, 11) is 1.63. The van der Waals surface area contributed by atoms with E-state index in [1.165, 1.54) is 12.8 Å². The standard InChI is InChI=1S/C16H24N2O2/c1-12(13-7-9-17-10-8-13)11-16(19)18-14-3-5-15(20-2)6-4-14/h3-6,12-13,17H,7-11H2,1-2H3,(H,18,19). The first-order valence-electron chi connectivity index (χ1n) is 7.33. The van der Waals surface area contributed by atoms with Crippen LogP contribution in [0.15, 0.2) is 24.3 Å². The molecule has 1 fully saturated rings. The van der Waals surface area contributed by atoms with Crippen LogP contribution in [0.5, 0.6) is 5.75 Å². The highest BCUT2D eigenvalue weighted by Crippen LogP contribution is 2.25. The van der Waals surface area contributed by atoms with E-state index in [4.69, 9.17) is 4.74 Å². The van der Waals surface area contributed by atoms with Crippen molar-refractivity contribution in [3.63, 3.8) is 0 Å². The summed E-state index contributed by atoms with van der Waals surface area (Å²) >= 11 is 0. The van der Waals surface area contributed by atoms with Gasteiger partial charge in [-0.15, -0.1) is 0 Å². The molecule has 4 nitrogen and oxygen atoms in total. The predicted molar refractivity (Wildman–Crippen MR) is 81.0 cm³/mol. The molecule has 0 bridgehead atoms. The third-order valence-electron chi connectivity index (χ3n) is 4.07. The lowest BCUT2D eigenvalue weighted by atomic mass is 9.84. The van der Waals surface area contributed by atoms with Gasteiger partial charge in [0, 0.05) is 12.1 Å². The lowest BCUT2D eigenvalue weighted by Gasteiger charge is -2.27. The highest BCUT2D eigenvalue weighted by molar-refractivity contribution is 5.90. The van der Waals surface area contributed by atoms with Gasteiger partial charge in [-0.25, -0.2) is 0 Å². The smallest absolute Gasteiger partial charge is 0.224 e. The second-order valence-electron chi connectivity index (χ2n) is 5.55. The number of amides is 1. The molecule has 1 aliphatic rings. The first-order chi connectivity index (χ1) is 9.69. The number of carbonyl (C=O) groups is 1. The number of benzene rings is 1. The van der Waals surface area contributed by atoms with E-state index in [-0.39, 0.29) is 5.91 Å². The zero-order chi connectivity index (χ0) is 14.4. The van der Waals surface area contributed by atoms with Crippen LogP contribution in [0.3, 0.4) is 0 Å². The molecule has 4 heteroatoms. The van der Waals surface area contributed by atoms with Crippen LogP contribution in [0.25, 0.3) is 0 Å². The Kier molecular flexibility index (Phi) is 5.41. The monoisotopic (exact) mass is 276 g/mol. The molecular formula is C16H24N2O2. The van der Waals surface area contributed by atoms with Crippen LogP contribution in [0, 0.1) is 11.8 Å². The van der Waals surface area contributed by atoms with E-state index < -0.39 is 0 Å². The normalized spacial score (nSPS) is 17.5. The van der Waals surface area contributed by atoms with Crippen LogP contribution in [0.2, 0.25) is 0 Å². The maximum absolute atomic E-state index is 12.1. The molecule has 110 valence electrons. The molecule has 1 aromatic carbocycles. The molecule has 2 rings (SSSR count). The van der Waals surface area contributed by atoms with Gasteiger partial charge in [-0.3, -0.25) is 4.79 Å². The van der Waals surface area contributed by atoms with Gasteiger partial charge in [-0.1, -0.05) is 6.92 Å². The van der Waals surface area contributed by atoms with Crippen molar-refractivity contribution in [2.45, 2.75) is 26.2 Å². The van der Waals surface area contributed by atoms with Crippen molar-refractivity contribution in [1.82, 2.24) is 5.32 Å². The second kappa shape index (κ2) is 7.29. The Hall–Kier alpha value is -1.55. The molecular weight excluding hydrogens is 252 g/mol. The van der Waals surface area contributed by atoms with Crippen LogP contribution in [-0.4, -0.2) is 26.1 Å². The number of methoxy groups -OCH3 is 1. The van der Waals surface area contributed by atoms with Crippen molar-refractivity contribution in [3.05, 3.63) is 24.3 Å². The molecule has 1 atom stereocenters. The van der Waals surface area contributed by atoms with Crippen LogP contribution in [0.1, 0.15) is 26.2 Å². The summed E-state index contributed by atoms with van der Waals surface area (Å²) in [6.45, 7) is 4.34. The molecule has 0 saturated carbocycles. The van der Waals surface area contributed by atoms with Crippen molar-refractivity contribution in [3.8, 4) is 5.75 Å². The predicted octanol–water partition coefficient (Wildman–Crippen LogP) is 2.66. The number of piperidine rings is 1. The van der Waals surface area contributed by atoms with Gasteiger partial charge in [-0.2, -0.15) is 0 Å². The van der Waals surface area contributed by atoms with Gasteiger partial charge in [0.1, 0.15) is 5.75 Å². The summed E-state index contributed by atoms with van der Waals surface area (Å²) in [6, 6.07) is 7.44. The van der Waals surface area contributed by atoms with E-state index in [1.807, 2.05) is 24.3 Å². The van der Waals surface area contributed by atoms with E-state index in [2.05, 4.69) is 17.6 Å². The third kappa shape index (κ3) is 4.23. The SMILES string of the molecule is COc1ccc(NC(=O)CC(C)C2CCNCC2)cc1. The van der Waals surface area contributed by atoms with Crippen molar-refractivity contribution in [2.75, 3.05) is 25.5 Å². The molecule has 0 spiro atoms. The Morgan fingerprint density at radius 1 is 1.35 bits per heavy atom. The molecule has 0 radical (unpaired) electrons. The summed E-state index contributed by atoms with van der Waals surface area (Å²) < 4.78 is 5.10. The van der Waals surface area contributed by atoms with E-state index in [0.29, 0.717) is 18.3 Å². The van der Waals surface area contributed by atoms with Gasteiger partial charge in [0.25, 0.3) is 0 Å². The molecule has 0 aliphatic carbocycles. The molecule has 20 heavy (non-hydrogen) atoms. The van der Waals surface area contributed by atoms with Gasteiger partial charge in [0.15, 0.2) is 0 Å². The van der Waals surface area contributed by atoms with E-state index >= 15 is 0 Å². The van der Waals surface area contributed by atoms with Gasteiger partial charge in [0.05, 0.1) is 7.11 Å². The molecule has 1 heterocycles. The highest BCUT2D eigenvalue weighted by Gasteiger charge is 2.21. The fourth-order valence-electron chi connectivity index (χ4n) is 2.76. The lowest BCUT2D eigenvalue weighted by molar-refractivity contribution is -0.117. The zero-order valence-electron chi connectivity index (χ0n) is 12.3. The number of nitrogens with one attached hydrogen (secondary N) is 2. The van der Waals surface area contributed by atoms with Gasteiger partial charge in [0.2, 0.25) is 5.91 Å². The van der Waals surface area contributed by atoms with E-state index in [0.717, 1.165) is 24.5 Å². The van der Waals surface area contributed by atoms with Gasteiger partial charge >= 0.3 is 0 Å². The first kappa shape index (κ1) is 14.9. The van der Waals surface area contributed by atoms with Crippen molar-refractivity contribution < 1.29 is 9.53 Å². The van der Waals surface area contributed by atoms with Crippen LogP contribution in [0.4, 0.5) is 5.69 Å².